The third-order valence-corrected chi connectivity index (χ3v) is 5.26. The van der Waals surface area contributed by atoms with Gasteiger partial charge in [0.1, 0.15) is 6.61 Å². The van der Waals surface area contributed by atoms with Crippen molar-refractivity contribution in [2.45, 2.75) is 20.5 Å². The van der Waals surface area contributed by atoms with Crippen LogP contribution >= 0.6 is 27.5 Å². The van der Waals surface area contributed by atoms with Gasteiger partial charge in [0.05, 0.1) is 22.3 Å². The van der Waals surface area contributed by atoms with E-state index in [-0.39, 0.29) is 12.2 Å². The standard InChI is InChI=1S/C24H21BrClNO4/c1-3-30-22-11-17(13-27-21-12-19(26)9-4-15(21)2)10-20(25)23(22)31-14-16-5-7-18(8-6-16)24(28)29/h4-13H,3,14H2,1-2H3,(H,28,29). The molecule has 0 aliphatic heterocycles. The molecule has 0 amide bonds. The number of hydrogen-bond acceptors (Lipinski definition) is 4. The van der Waals surface area contributed by atoms with Gasteiger partial charge in [0.15, 0.2) is 11.5 Å². The molecule has 3 aromatic rings. The van der Waals surface area contributed by atoms with E-state index in [0.717, 1.165) is 26.9 Å². The molecule has 160 valence electrons. The highest BCUT2D eigenvalue weighted by atomic mass is 79.9. The molecule has 0 atom stereocenters. The number of carbonyl (C=O) groups is 1. The van der Waals surface area contributed by atoms with Crippen LogP contribution in [0.2, 0.25) is 5.02 Å². The first-order chi connectivity index (χ1) is 14.9. The summed E-state index contributed by atoms with van der Waals surface area (Å²) < 4.78 is 12.5. The fourth-order valence-electron chi connectivity index (χ4n) is 2.83. The lowest BCUT2D eigenvalue weighted by Crippen LogP contribution is -2.02. The van der Waals surface area contributed by atoms with Crippen LogP contribution < -0.4 is 9.47 Å². The molecule has 0 spiro atoms. The van der Waals surface area contributed by atoms with E-state index in [4.69, 9.17) is 26.2 Å². The van der Waals surface area contributed by atoms with Crippen LogP contribution in [0.3, 0.4) is 0 Å². The van der Waals surface area contributed by atoms with E-state index in [1.807, 2.05) is 44.2 Å². The highest BCUT2D eigenvalue weighted by molar-refractivity contribution is 9.10. The second kappa shape index (κ2) is 10.5. The Kier molecular flexibility index (Phi) is 7.71. The molecule has 1 N–H and O–H groups in total. The van der Waals surface area contributed by atoms with Gasteiger partial charge < -0.3 is 14.6 Å². The van der Waals surface area contributed by atoms with Crippen LogP contribution in [0, 0.1) is 6.92 Å². The minimum Gasteiger partial charge on any atom is -0.490 e. The van der Waals surface area contributed by atoms with Gasteiger partial charge in [-0.1, -0.05) is 29.8 Å². The highest BCUT2D eigenvalue weighted by Gasteiger charge is 2.13. The van der Waals surface area contributed by atoms with Gasteiger partial charge in [-0.2, -0.15) is 0 Å². The summed E-state index contributed by atoms with van der Waals surface area (Å²) >= 11 is 9.63. The van der Waals surface area contributed by atoms with Crippen molar-refractivity contribution in [1.29, 1.82) is 0 Å². The highest BCUT2D eigenvalue weighted by Crippen LogP contribution is 2.37. The minimum absolute atomic E-state index is 0.235. The van der Waals surface area contributed by atoms with Crippen molar-refractivity contribution in [3.8, 4) is 11.5 Å². The molecule has 3 rings (SSSR count). The van der Waals surface area contributed by atoms with Crippen molar-refractivity contribution in [2.75, 3.05) is 6.61 Å². The van der Waals surface area contributed by atoms with Crippen molar-refractivity contribution in [3.63, 3.8) is 0 Å². The predicted molar refractivity (Wildman–Crippen MR) is 126 cm³/mol. The molecule has 31 heavy (non-hydrogen) atoms. The average Bonchev–Trinajstić information content (AvgIpc) is 2.74. The quantitative estimate of drug-likeness (QED) is 0.343. The summed E-state index contributed by atoms with van der Waals surface area (Å²) in [5.41, 5.74) is 3.75. The Bertz CT molecular complexity index is 1110. The fourth-order valence-corrected chi connectivity index (χ4v) is 3.57. The number of carboxylic acids is 1. The zero-order valence-corrected chi connectivity index (χ0v) is 19.4. The van der Waals surface area contributed by atoms with Crippen molar-refractivity contribution in [3.05, 3.63) is 86.3 Å². The van der Waals surface area contributed by atoms with Gasteiger partial charge >= 0.3 is 5.97 Å². The molecule has 0 heterocycles. The Balaban J connectivity index is 1.82. The smallest absolute Gasteiger partial charge is 0.335 e. The first-order valence-electron chi connectivity index (χ1n) is 9.59. The zero-order chi connectivity index (χ0) is 22.4. The van der Waals surface area contributed by atoms with E-state index in [2.05, 4.69) is 20.9 Å². The van der Waals surface area contributed by atoms with E-state index < -0.39 is 5.97 Å². The lowest BCUT2D eigenvalue weighted by molar-refractivity contribution is 0.0697. The molecule has 0 fully saturated rings. The maximum absolute atomic E-state index is 11.0. The molecule has 0 aromatic heterocycles. The summed E-state index contributed by atoms with van der Waals surface area (Å²) in [5.74, 6) is 0.197. The first kappa shape index (κ1) is 22.8. The third kappa shape index (κ3) is 6.09. The van der Waals surface area contributed by atoms with Crippen LogP contribution in [-0.2, 0) is 6.61 Å². The summed E-state index contributed by atoms with van der Waals surface area (Å²) in [6.45, 7) is 4.63. The molecule has 0 bridgehead atoms. The number of nitrogens with zero attached hydrogens (tertiary/aromatic N) is 1. The molecule has 0 unspecified atom stereocenters. The number of benzene rings is 3. The molecular weight excluding hydrogens is 482 g/mol. The molecule has 0 saturated heterocycles. The third-order valence-electron chi connectivity index (χ3n) is 4.44. The van der Waals surface area contributed by atoms with E-state index in [1.54, 1.807) is 30.5 Å². The van der Waals surface area contributed by atoms with Gasteiger partial charge in [-0.25, -0.2) is 4.79 Å². The Morgan fingerprint density at radius 3 is 2.55 bits per heavy atom. The van der Waals surface area contributed by atoms with Crippen LogP contribution in [0.1, 0.15) is 34.0 Å². The van der Waals surface area contributed by atoms with Gasteiger partial charge in [-0.05, 0) is 82.9 Å². The van der Waals surface area contributed by atoms with Crippen LogP contribution in [0.5, 0.6) is 11.5 Å². The Morgan fingerprint density at radius 1 is 1.13 bits per heavy atom. The predicted octanol–water partition coefficient (Wildman–Crippen LogP) is 6.84. The second-order valence-corrected chi connectivity index (χ2v) is 8.03. The van der Waals surface area contributed by atoms with Crippen molar-refractivity contribution in [2.24, 2.45) is 4.99 Å². The van der Waals surface area contributed by atoms with Crippen molar-refractivity contribution >= 4 is 45.4 Å². The SMILES string of the molecule is CCOc1cc(C=Nc2cc(Cl)ccc2C)cc(Br)c1OCc1ccc(C(=O)O)cc1. The number of halogens is 2. The molecular formula is C24H21BrClNO4. The lowest BCUT2D eigenvalue weighted by Gasteiger charge is -2.15. The largest absolute Gasteiger partial charge is 0.490 e. The van der Waals surface area contributed by atoms with Crippen LogP contribution in [0.15, 0.2) is 64.1 Å². The molecule has 0 aliphatic carbocycles. The van der Waals surface area contributed by atoms with Crippen LogP contribution in [0.25, 0.3) is 0 Å². The second-order valence-electron chi connectivity index (χ2n) is 6.74. The summed E-state index contributed by atoms with van der Waals surface area (Å²) in [4.78, 5) is 15.5. The topological polar surface area (TPSA) is 68.1 Å². The Hall–Kier alpha value is -2.83. The van der Waals surface area contributed by atoms with E-state index >= 15 is 0 Å². The number of carboxylic acid groups (broad SMARTS) is 1. The average molecular weight is 503 g/mol. The van der Waals surface area contributed by atoms with Crippen molar-refractivity contribution in [1.82, 2.24) is 0 Å². The lowest BCUT2D eigenvalue weighted by atomic mass is 10.1. The van der Waals surface area contributed by atoms with E-state index in [1.165, 1.54) is 0 Å². The first-order valence-corrected chi connectivity index (χ1v) is 10.8. The van der Waals surface area contributed by atoms with Crippen LogP contribution in [0.4, 0.5) is 5.69 Å². The summed E-state index contributed by atoms with van der Waals surface area (Å²) in [6, 6.07) is 15.9. The van der Waals surface area contributed by atoms with Gasteiger partial charge in [0.25, 0.3) is 0 Å². The van der Waals surface area contributed by atoms with Gasteiger partial charge in [0.2, 0.25) is 0 Å². The van der Waals surface area contributed by atoms with Gasteiger partial charge in [0, 0.05) is 11.2 Å². The molecule has 7 heteroatoms. The summed E-state index contributed by atoms with van der Waals surface area (Å²) in [7, 11) is 0. The number of ether oxygens (including phenoxy) is 2. The van der Waals surface area contributed by atoms with Crippen LogP contribution in [-0.4, -0.2) is 23.9 Å². The number of rotatable bonds is 8. The van der Waals surface area contributed by atoms with E-state index in [9.17, 15) is 4.79 Å². The summed E-state index contributed by atoms with van der Waals surface area (Å²) in [6.07, 6.45) is 1.75. The molecule has 0 aliphatic rings. The monoisotopic (exact) mass is 501 g/mol. The Morgan fingerprint density at radius 2 is 1.87 bits per heavy atom. The maximum atomic E-state index is 11.0. The van der Waals surface area contributed by atoms with Gasteiger partial charge in [-0.15, -0.1) is 0 Å². The maximum Gasteiger partial charge on any atom is 0.335 e. The van der Waals surface area contributed by atoms with Crippen molar-refractivity contribution < 1.29 is 19.4 Å². The molecule has 3 aromatic carbocycles. The summed E-state index contributed by atoms with van der Waals surface area (Å²) in [5, 5.41) is 9.65. The molecule has 0 radical (unpaired) electrons. The number of aromatic carboxylic acids is 1. The molecule has 0 saturated carbocycles. The van der Waals surface area contributed by atoms with Gasteiger partial charge in [-0.3, -0.25) is 4.99 Å². The Labute approximate surface area is 194 Å². The number of aryl methyl sites for hydroxylation is 1. The molecule has 5 nitrogen and oxygen atoms in total. The normalized spacial score (nSPS) is 11.0. The fraction of sp³-hybridized carbons (Fsp3) is 0.167. The number of aliphatic imine (C=N–C) groups is 1. The minimum atomic E-state index is -0.959. The van der Waals surface area contributed by atoms with E-state index in [0.29, 0.717) is 23.1 Å². The number of hydrogen-bond donors (Lipinski definition) is 1. The zero-order valence-electron chi connectivity index (χ0n) is 17.1.